The zero-order chi connectivity index (χ0) is 19.0. The number of ether oxygens (including phenoxy) is 2. The molecule has 4 rings (SSSR count). The van der Waals surface area contributed by atoms with Gasteiger partial charge in [-0.25, -0.2) is 4.98 Å². The van der Waals surface area contributed by atoms with E-state index in [1.54, 1.807) is 19.3 Å². The Kier molecular flexibility index (Phi) is 4.27. The van der Waals surface area contributed by atoms with Crippen LogP contribution in [0.4, 0.5) is 0 Å². The minimum Gasteiger partial charge on any atom is -0.486 e. The van der Waals surface area contributed by atoms with Gasteiger partial charge in [-0.1, -0.05) is 12.1 Å². The third-order valence-corrected chi connectivity index (χ3v) is 4.45. The summed E-state index contributed by atoms with van der Waals surface area (Å²) in [4.78, 5) is 31.2. The van der Waals surface area contributed by atoms with Crippen molar-refractivity contribution in [3.63, 3.8) is 0 Å². The van der Waals surface area contributed by atoms with E-state index in [2.05, 4.69) is 4.98 Å². The van der Waals surface area contributed by atoms with Gasteiger partial charge in [0.15, 0.2) is 11.5 Å². The van der Waals surface area contributed by atoms with Gasteiger partial charge < -0.3 is 14.4 Å². The van der Waals surface area contributed by atoms with Crippen LogP contribution >= 0.6 is 0 Å². The Morgan fingerprint density at radius 3 is 2.78 bits per heavy atom. The number of carbonyl (C=O) groups is 1. The van der Waals surface area contributed by atoms with Crippen molar-refractivity contribution in [1.29, 1.82) is 0 Å². The molecule has 3 heterocycles. The first-order chi connectivity index (χ1) is 13.0. The lowest BCUT2D eigenvalue weighted by molar-refractivity contribution is 0.0782. The molecule has 0 unspecified atom stereocenters. The highest BCUT2D eigenvalue weighted by atomic mass is 16.6. The van der Waals surface area contributed by atoms with Gasteiger partial charge >= 0.3 is 0 Å². The summed E-state index contributed by atoms with van der Waals surface area (Å²) in [6, 6.07) is 9.19. The Morgan fingerprint density at radius 2 is 1.96 bits per heavy atom. The molecule has 0 fully saturated rings. The molecule has 0 aliphatic carbocycles. The van der Waals surface area contributed by atoms with Crippen molar-refractivity contribution < 1.29 is 14.3 Å². The fourth-order valence-corrected chi connectivity index (χ4v) is 3.07. The van der Waals surface area contributed by atoms with E-state index < -0.39 is 0 Å². The fourth-order valence-electron chi connectivity index (χ4n) is 3.07. The molecule has 0 bridgehead atoms. The van der Waals surface area contributed by atoms with Crippen molar-refractivity contribution in [3.8, 4) is 11.5 Å². The third-order valence-electron chi connectivity index (χ3n) is 4.45. The summed E-state index contributed by atoms with van der Waals surface area (Å²) in [5.41, 5.74) is 1.98. The summed E-state index contributed by atoms with van der Waals surface area (Å²) in [6.07, 6.45) is 3.03. The Bertz CT molecular complexity index is 1090. The van der Waals surface area contributed by atoms with Crippen molar-refractivity contribution in [3.05, 3.63) is 69.8 Å². The van der Waals surface area contributed by atoms with Crippen LogP contribution in [0.1, 0.15) is 21.5 Å². The van der Waals surface area contributed by atoms with Gasteiger partial charge in [-0.05, 0) is 36.2 Å². The van der Waals surface area contributed by atoms with Crippen LogP contribution in [0.2, 0.25) is 0 Å². The van der Waals surface area contributed by atoms with Gasteiger partial charge in [0.2, 0.25) is 0 Å². The smallest absolute Gasteiger partial charge is 0.270 e. The molecule has 0 N–H and O–H groups in total. The Balaban J connectivity index is 1.60. The standard InChI is InChI=1S/C20H19N3O4/c1-13-3-6-18-21-10-15(20(25)23(18)11-13)19(24)22(2)12-14-4-5-16-17(9-14)27-8-7-26-16/h3-6,9-11H,7-8,12H2,1-2H3. The molecule has 0 spiro atoms. The number of hydrogen-bond donors (Lipinski definition) is 0. The molecule has 1 amide bonds. The molecule has 27 heavy (non-hydrogen) atoms. The van der Waals surface area contributed by atoms with Crippen molar-refractivity contribution >= 4 is 11.6 Å². The van der Waals surface area contributed by atoms with Crippen molar-refractivity contribution in [2.24, 2.45) is 0 Å². The molecule has 7 nitrogen and oxygen atoms in total. The summed E-state index contributed by atoms with van der Waals surface area (Å²) in [7, 11) is 1.66. The number of hydrogen-bond acceptors (Lipinski definition) is 5. The lowest BCUT2D eigenvalue weighted by atomic mass is 10.1. The summed E-state index contributed by atoms with van der Waals surface area (Å²) < 4.78 is 12.5. The van der Waals surface area contributed by atoms with Gasteiger partial charge in [-0.2, -0.15) is 0 Å². The van der Waals surface area contributed by atoms with Crippen LogP contribution < -0.4 is 15.0 Å². The molecule has 1 aromatic carbocycles. The molecule has 1 aliphatic heterocycles. The second-order valence-corrected chi connectivity index (χ2v) is 6.55. The molecule has 0 saturated carbocycles. The molecule has 138 valence electrons. The van der Waals surface area contributed by atoms with Crippen molar-refractivity contribution in [2.45, 2.75) is 13.5 Å². The van der Waals surface area contributed by atoms with E-state index in [-0.39, 0.29) is 17.0 Å². The van der Waals surface area contributed by atoms with E-state index in [9.17, 15) is 9.59 Å². The fraction of sp³-hybridized carbons (Fsp3) is 0.250. The third kappa shape index (κ3) is 3.23. The summed E-state index contributed by atoms with van der Waals surface area (Å²) in [5.74, 6) is 0.993. The van der Waals surface area contributed by atoms with Gasteiger partial charge in [-0.3, -0.25) is 14.0 Å². The highest BCUT2D eigenvalue weighted by Gasteiger charge is 2.19. The number of rotatable bonds is 3. The summed E-state index contributed by atoms with van der Waals surface area (Å²) >= 11 is 0. The number of fused-ring (bicyclic) bond motifs is 2. The molecule has 2 aromatic heterocycles. The van der Waals surface area contributed by atoms with Crippen LogP contribution in [0, 0.1) is 6.92 Å². The number of benzene rings is 1. The molecule has 3 aromatic rings. The number of aryl methyl sites for hydroxylation is 1. The lowest BCUT2D eigenvalue weighted by Crippen LogP contribution is -2.33. The first-order valence-corrected chi connectivity index (χ1v) is 8.65. The molecule has 0 radical (unpaired) electrons. The van der Waals surface area contributed by atoms with Crippen LogP contribution in [0.25, 0.3) is 5.65 Å². The van der Waals surface area contributed by atoms with Gasteiger partial charge in [-0.15, -0.1) is 0 Å². The van der Waals surface area contributed by atoms with Crippen LogP contribution in [0.5, 0.6) is 11.5 Å². The average molecular weight is 365 g/mol. The molecule has 1 aliphatic rings. The van der Waals surface area contributed by atoms with Crippen molar-refractivity contribution in [2.75, 3.05) is 20.3 Å². The van der Waals surface area contributed by atoms with Crippen molar-refractivity contribution in [1.82, 2.24) is 14.3 Å². The Hall–Kier alpha value is -3.35. The predicted molar refractivity (Wildman–Crippen MR) is 99.4 cm³/mol. The van der Waals surface area contributed by atoms with Crippen LogP contribution in [-0.2, 0) is 6.54 Å². The topological polar surface area (TPSA) is 73.1 Å². The van der Waals surface area contributed by atoms with E-state index in [4.69, 9.17) is 9.47 Å². The van der Waals surface area contributed by atoms with Gasteiger partial charge in [0.1, 0.15) is 24.4 Å². The van der Waals surface area contributed by atoms with E-state index >= 15 is 0 Å². The maximum absolute atomic E-state index is 12.8. The van der Waals surface area contributed by atoms with E-state index in [1.807, 2.05) is 31.2 Å². The second kappa shape index (κ2) is 6.75. The summed E-state index contributed by atoms with van der Waals surface area (Å²) in [5, 5.41) is 0. The molecule has 0 saturated heterocycles. The first-order valence-electron chi connectivity index (χ1n) is 8.65. The van der Waals surface area contributed by atoms with Gasteiger partial charge in [0.25, 0.3) is 11.5 Å². The monoisotopic (exact) mass is 365 g/mol. The number of amides is 1. The van der Waals surface area contributed by atoms with E-state index in [1.165, 1.54) is 15.5 Å². The van der Waals surface area contributed by atoms with Gasteiger partial charge in [0, 0.05) is 26.0 Å². The quantitative estimate of drug-likeness (QED) is 0.710. The maximum atomic E-state index is 12.8. The largest absolute Gasteiger partial charge is 0.486 e. The minimum atomic E-state index is -0.377. The zero-order valence-corrected chi connectivity index (χ0v) is 15.1. The molecular formula is C20H19N3O4. The first kappa shape index (κ1) is 17.1. The highest BCUT2D eigenvalue weighted by Crippen LogP contribution is 2.31. The second-order valence-electron chi connectivity index (χ2n) is 6.55. The lowest BCUT2D eigenvalue weighted by Gasteiger charge is -2.21. The SMILES string of the molecule is Cc1ccc2ncc(C(=O)N(C)Cc3ccc4c(c3)OCCO4)c(=O)n2c1. The van der Waals surface area contributed by atoms with E-state index in [0.717, 1.165) is 11.1 Å². The van der Waals surface area contributed by atoms with Crippen LogP contribution in [0.15, 0.2) is 47.5 Å². The van der Waals surface area contributed by atoms with Crippen LogP contribution in [-0.4, -0.2) is 40.5 Å². The number of carbonyl (C=O) groups excluding carboxylic acids is 1. The predicted octanol–water partition coefficient (Wildman–Crippen LogP) is 2.05. The molecular weight excluding hydrogens is 346 g/mol. The number of nitrogens with zero attached hydrogens (tertiary/aromatic N) is 3. The van der Waals surface area contributed by atoms with E-state index in [0.29, 0.717) is 36.9 Å². The molecule has 0 atom stereocenters. The van der Waals surface area contributed by atoms with Gasteiger partial charge in [0.05, 0.1) is 0 Å². The maximum Gasteiger partial charge on any atom is 0.270 e. The zero-order valence-electron chi connectivity index (χ0n) is 15.1. The molecule has 7 heteroatoms. The normalized spacial score (nSPS) is 12.8. The Labute approximate surface area is 155 Å². The van der Waals surface area contributed by atoms with Crippen LogP contribution in [0.3, 0.4) is 0 Å². The summed E-state index contributed by atoms with van der Waals surface area (Å²) in [6.45, 7) is 3.26. The minimum absolute atomic E-state index is 0.0399. The average Bonchev–Trinajstić information content (AvgIpc) is 2.68. The number of pyridine rings is 1. The highest BCUT2D eigenvalue weighted by molar-refractivity contribution is 5.93. The Morgan fingerprint density at radius 1 is 1.19 bits per heavy atom. The number of aromatic nitrogens is 2.